The zero-order chi connectivity index (χ0) is 13.5. The molecule has 0 aromatic carbocycles. The van der Waals surface area contributed by atoms with Crippen LogP contribution in [0, 0.1) is 0 Å². The average molecular weight is 335 g/mol. The Morgan fingerprint density at radius 2 is 2.33 bits per heavy atom. The van der Waals surface area contributed by atoms with Crippen molar-refractivity contribution in [3.8, 4) is 0 Å². The summed E-state index contributed by atoms with van der Waals surface area (Å²) in [6.07, 6.45) is 1.54. The number of aromatic nitrogens is 1. The highest BCUT2D eigenvalue weighted by Gasteiger charge is 2.12. The van der Waals surface area contributed by atoms with Crippen LogP contribution < -0.4 is 16.6 Å². The number of hydrogen-bond acceptors (Lipinski definition) is 5. The molecule has 0 aliphatic rings. The van der Waals surface area contributed by atoms with E-state index in [1.165, 1.54) is 6.20 Å². The molecule has 1 aromatic rings. The lowest BCUT2D eigenvalue weighted by Crippen LogP contribution is -2.29. The van der Waals surface area contributed by atoms with Crippen molar-refractivity contribution in [3.63, 3.8) is 0 Å². The van der Waals surface area contributed by atoms with Crippen LogP contribution in [0.25, 0.3) is 0 Å². The predicted molar refractivity (Wildman–Crippen MR) is 75.6 cm³/mol. The van der Waals surface area contributed by atoms with Gasteiger partial charge in [0.1, 0.15) is 0 Å². The standard InChI is InChI=1S/C10H15BrN4O2S/c1-2-18(17)4-3-13-10(16)8-5-7(11)6-14-9(8)15-12/h5-6H,2-4,12H2,1H3,(H,13,16)(H,14,15). The van der Waals surface area contributed by atoms with Gasteiger partial charge in [-0.25, -0.2) is 10.8 Å². The third-order valence-corrected chi connectivity index (χ3v) is 3.91. The Morgan fingerprint density at radius 3 is 2.94 bits per heavy atom. The van der Waals surface area contributed by atoms with Gasteiger partial charge in [0.2, 0.25) is 0 Å². The highest BCUT2D eigenvalue weighted by atomic mass is 79.9. The van der Waals surface area contributed by atoms with Crippen LogP contribution in [-0.4, -0.2) is 33.2 Å². The van der Waals surface area contributed by atoms with E-state index in [0.717, 1.165) is 0 Å². The summed E-state index contributed by atoms with van der Waals surface area (Å²) >= 11 is 3.24. The van der Waals surface area contributed by atoms with Crippen LogP contribution in [0.5, 0.6) is 0 Å². The molecule has 1 amide bonds. The molecule has 1 unspecified atom stereocenters. The summed E-state index contributed by atoms with van der Waals surface area (Å²) in [4.78, 5) is 15.9. The van der Waals surface area contributed by atoms with E-state index < -0.39 is 10.8 Å². The zero-order valence-corrected chi connectivity index (χ0v) is 12.3. The normalized spacial score (nSPS) is 11.9. The van der Waals surface area contributed by atoms with Gasteiger partial charge in [-0.1, -0.05) is 6.92 Å². The number of nitrogens with zero attached hydrogens (tertiary/aromatic N) is 1. The minimum Gasteiger partial charge on any atom is -0.351 e. The number of hydrazine groups is 1. The first-order chi connectivity index (χ1) is 8.58. The Hall–Kier alpha value is -0.990. The van der Waals surface area contributed by atoms with Crippen molar-refractivity contribution in [2.75, 3.05) is 23.5 Å². The summed E-state index contributed by atoms with van der Waals surface area (Å²) < 4.78 is 11.9. The fourth-order valence-electron chi connectivity index (χ4n) is 1.25. The van der Waals surface area contributed by atoms with Crippen LogP contribution >= 0.6 is 15.9 Å². The Balaban J connectivity index is 2.66. The molecule has 100 valence electrons. The van der Waals surface area contributed by atoms with Gasteiger partial charge >= 0.3 is 0 Å². The SMILES string of the molecule is CCS(=O)CCNC(=O)c1cc(Br)cnc1NN. The maximum Gasteiger partial charge on any atom is 0.255 e. The number of pyridine rings is 1. The van der Waals surface area contributed by atoms with Gasteiger partial charge in [-0.05, 0) is 22.0 Å². The van der Waals surface area contributed by atoms with E-state index in [4.69, 9.17) is 5.84 Å². The monoisotopic (exact) mass is 334 g/mol. The van der Waals surface area contributed by atoms with Crippen LogP contribution in [0.15, 0.2) is 16.7 Å². The number of hydrogen-bond donors (Lipinski definition) is 3. The molecular weight excluding hydrogens is 320 g/mol. The fourth-order valence-corrected chi connectivity index (χ4v) is 2.20. The van der Waals surface area contributed by atoms with Gasteiger partial charge in [0.15, 0.2) is 5.82 Å². The first-order valence-electron chi connectivity index (χ1n) is 5.33. The molecule has 18 heavy (non-hydrogen) atoms. The molecule has 1 heterocycles. The van der Waals surface area contributed by atoms with E-state index in [1.807, 2.05) is 6.92 Å². The third-order valence-electron chi connectivity index (χ3n) is 2.17. The minimum atomic E-state index is -0.891. The van der Waals surface area contributed by atoms with E-state index in [1.54, 1.807) is 6.07 Å². The number of carbonyl (C=O) groups excluding carboxylic acids is 1. The van der Waals surface area contributed by atoms with Gasteiger partial charge in [-0.2, -0.15) is 0 Å². The van der Waals surface area contributed by atoms with E-state index >= 15 is 0 Å². The molecule has 0 aliphatic carbocycles. The molecule has 8 heteroatoms. The number of nitrogens with one attached hydrogen (secondary N) is 2. The van der Waals surface area contributed by atoms with Gasteiger partial charge in [0.05, 0.1) is 5.56 Å². The number of rotatable bonds is 6. The molecule has 6 nitrogen and oxygen atoms in total. The Kier molecular flexibility index (Phi) is 6.23. The Labute approximate surface area is 116 Å². The van der Waals surface area contributed by atoms with Gasteiger partial charge in [0, 0.05) is 39.5 Å². The van der Waals surface area contributed by atoms with Crippen molar-refractivity contribution in [2.45, 2.75) is 6.92 Å². The van der Waals surface area contributed by atoms with Crippen LogP contribution in [-0.2, 0) is 10.8 Å². The number of nitrogens with two attached hydrogens (primary N) is 1. The van der Waals surface area contributed by atoms with E-state index in [0.29, 0.717) is 33.9 Å². The van der Waals surface area contributed by atoms with E-state index in [-0.39, 0.29) is 5.91 Å². The van der Waals surface area contributed by atoms with Crippen LogP contribution in [0.1, 0.15) is 17.3 Å². The largest absolute Gasteiger partial charge is 0.351 e. The zero-order valence-electron chi connectivity index (χ0n) is 9.90. The molecule has 0 saturated heterocycles. The van der Waals surface area contributed by atoms with Crippen LogP contribution in [0.4, 0.5) is 5.82 Å². The lowest BCUT2D eigenvalue weighted by Gasteiger charge is -2.09. The van der Waals surface area contributed by atoms with Crippen LogP contribution in [0.2, 0.25) is 0 Å². The quantitative estimate of drug-likeness (QED) is 0.523. The molecular formula is C10H15BrN4O2S. The topological polar surface area (TPSA) is 97.1 Å². The van der Waals surface area contributed by atoms with Gasteiger partial charge in [-0.15, -0.1) is 0 Å². The van der Waals surface area contributed by atoms with Crippen molar-refractivity contribution in [1.82, 2.24) is 10.3 Å². The molecule has 4 N–H and O–H groups in total. The van der Waals surface area contributed by atoms with Crippen molar-refractivity contribution in [1.29, 1.82) is 0 Å². The molecule has 0 aliphatic heterocycles. The lowest BCUT2D eigenvalue weighted by atomic mass is 10.2. The summed E-state index contributed by atoms with van der Waals surface area (Å²) in [5, 5.41) is 2.68. The Bertz CT molecular complexity index is 456. The van der Waals surface area contributed by atoms with Crippen LogP contribution in [0.3, 0.4) is 0 Å². The highest BCUT2D eigenvalue weighted by Crippen LogP contribution is 2.16. The molecule has 0 radical (unpaired) electrons. The number of anilines is 1. The summed E-state index contributed by atoms with van der Waals surface area (Å²) in [5.41, 5.74) is 2.70. The minimum absolute atomic E-state index is 0.298. The highest BCUT2D eigenvalue weighted by molar-refractivity contribution is 9.10. The Morgan fingerprint density at radius 1 is 1.61 bits per heavy atom. The maximum absolute atomic E-state index is 11.9. The smallest absolute Gasteiger partial charge is 0.255 e. The first kappa shape index (κ1) is 15.1. The predicted octanol–water partition coefficient (Wildman–Crippen LogP) is 0.628. The molecule has 0 fully saturated rings. The van der Waals surface area contributed by atoms with E-state index in [2.05, 4.69) is 31.7 Å². The summed E-state index contributed by atoms with van der Waals surface area (Å²) in [6, 6.07) is 1.62. The van der Waals surface area contributed by atoms with Crippen molar-refractivity contribution in [2.24, 2.45) is 5.84 Å². The number of amides is 1. The number of halogens is 1. The maximum atomic E-state index is 11.9. The molecule has 1 atom stereocenters. The second kappa shape index (κ2) is 7.45. The molecule has 0 spiro atoms. The molecule has 0 saturated carbocycles. The van der Waals surface area contributed by atoms with Crippen molar-refractivity contribution < 1.29 is 9.00 Å². The van der Waals surface area contributed by atoms with Gasteiger partial charge in [-0.3, -0.25) is 9.00 Å². The summed E-state index contributed by atoms with van der Waals surface area (Å²) in [7, 11) is -0.891. The second-order valence-corrected chi connectivity index (χ2v) is 6.16. The van der Waals surface area contributed by atoms with Gasteiger partial charge in [0.25, 0.3) is 5.91 Å². The first-order valence-corrected chi connectivity index (χ1v) is 7.62. The molecule has 1 aromatic heterocycles. The molecule has 1 rings (SSSR count). The number of nitrogen functional groups attached to an aromatic ring is 1. The second-order valence-electron chi connectivity index (χ2n) is 3.38. The summed E-state index contributed by atoms with van der Waals surface area (Å²) in [6.45, 7) is 2.20. The number of carbonyl (C=O) groups is 1. The van der Waals surface area contributed by atoms with Crippen molar-refractivity contribution in [3.05, 3.63) is 22.3 Å². The average Bonchev–Trinajstić information content (AvgIpc) is 2.38. The lowest BCUT2D eigenvalue weighted by molar-refractivity contribution is 0.0956. The summed E-state index contributed by atoms with van der Waals surface area (Å²) in [5.74, 6) is 6.30. The van der Waals surface area contributed by atoms with Gasteiger partial charge < -0.3 is 10.7 Å². The van der Waals surface area contributed by atoms with E-state index in [9.17, 15) is 9.00 Å². The fraction of sp³-hybridized carbons (Fsp3) is 0.400. The molecule has 0 bridgehead atoms. The third kappa shape index (κ3) is 4.35. The van der Waals surface area contributed by atoms with Crippen molar-refractivity contribution >= 4 is 38.5 Å².